The van der Waals surface area contributed by atoms with Crippen LogP contribution in [0.5, 0.6) is 23.0 Å². The van der Waals surface area contributed by atoms with E-state index in [9.17, 15) is 53.8 Å². The molecule has 0 aliphatic heterocycles. The first-order valence-corrected chi connectivity index (χ1v) is 24.6. The zero-order valence-electron chi connectivity index (χ0n) is 39.3. The number of nitrogen functional groups attached to an aromatic ring is 1. The largest absolute Gasteiger partial charge is 0.507 e. The van der Waals surface area contributed by atoms with Gasteiger partial charge in [0, 0.05) is 42.1 Å². The maximum Gasteiger partial charge on any atom is 0.345 e. The van der Waals surface area contributed by atoms with Gasteiger partial charge in [0.05, 0.1) is 21.0 Å². The molecule has 394 valence electrons. The van der Waals surface area contributed by atoms with Crippen LogP contribution in [0.25, 0.3) is 0 Å². The summed E-state index contributed by atoms with van der Waals surface area (Å²) in [7, 11) is 7.36. The summed E-state index contributed by atoms with van der Waals surface area (Å²) >= 11 is 6.94. The number of nitro groups is 2. The number of nitrogens with zero attached hydrogens (tertiary/aromatic N) is 4. The van der Waals surface area contributed by atoms with Crippen molar-refractivity contribution in [3.63, 3.8) is 0 Å². The predicted molar refractivity (Wildman–Crippen MR) is 274 cm³/mol. The number of amides is 1. The van der Waals surface area contributed by atoms with E-state index >= 15 is 0 Å². The summed E-state index contributed by atoms with van der Waals surface area (Å²) in [5.74, 6) is -4.14. The number of nitrogens with one attached hydrogen (secondary N) is 1. The lowest BCUT2D eigenvalue weighted by atomic mass is 10.1. The molecule has 6 N–H and O–H groups in total. The Hall–Kier alpha value is -7.95. The van der Waals surface area contributed by atoms with Crippen molar-refractivity contribution in [2.45, 2.75) is 48.5 Å². The number of carboxylic acid groups (broad SMARTS) is 2. The first kappa shape index (κ1) is 64.1. The summed E-state index contributed by atoms with van der Waals surface area (Å²) in [6.07, 6.45) is 2.20. The van der Waals surface area contributed by atoms with E-state index in [1.807, 2.05) is 6.92 Å². The van der Waals surface area contributed by atoms with Crippen LogP contribution in [0.15, 0.2) is 85.2 Å². The molecule has 0 saturated carbocycles. The van der Waals surface area contributed by atoms with E-state index in [0.29, 0.717) is 0 Å². The fourth-order valence-electron chi connectivity index (χ4n) is 4.92. The van der Waals surface area contributed by atoms with Gasteiger partial charge in [0.1, 0.15) is 46.5 Å². The molecule has 2 aromatic heterocycles. The monoisotopic (exact) mass is 1140 g/mol. The van der Waals surface area contributed by atoms with E-state index in [4.69, 9.17) is 51.1 Å². The van der Waals surface area contributed by atoms with Gasteiger partial charge in [-0.15, -0.1) is 0 Å². The van der Waals surface area contributed by atoms with Crippen LogP contribution in [-0.4, -0.2) is 80.3 Å². The SMILES string of the molecule is CC(=O)Oc1ccc(C)cc1C(=O)Cl.CC(=O)Oc1ccc(C)cc1C(=O)Nc1ncc([N+](=O)[O-])s1.CC(=O)Oc1ccc(C)cc1C(=O)O.Cc1ccc(O)c(C(=O)O)c1.Nc1ncc([N+](=O)[O-])s1.O=S(Cl)Cl. The quantitative estimate of drug-likeness (QED) is 0.0280. The topological polar surface area (TPSA) is 375 Å². The molecule has 0 atom stereocenters. The molecule has 30 heteroatoms. The number of rotatable bonds is 10. The number of aryl methyl sites for hydroxylation is 4. The third-order valence-corrected chi connectivity index (χ3v) is 9.67. The number of carboxylic acids is 2. The molecule has 6 aromatic rings. The molecule has 0 fully saturated rings. The van der Waals surface area contributed by atoms with Gasteiger partial charge in [-0.2, -0.15) is 0 Å². The van der Waals surface area contributed by atoms with Crippen LogP contribution in [0.2, 0.25) is 0 Å². The Kier molecular flexibility index (Phi) is 27.3. The summed E-state index contributed by atoms with van der Waals surface area (Å²) in [5, 5.41) is 48.8. The number of nitrogens with two attached hydrogens (primary N) is 1. The highest BCUT2D eigenvalue weighted by atomic mass is 36.0. The Labute approximate surface area is 443 Å². The van der Waals surface area contributed by atoms with Crippen molar-refractivity contribution < 1.29 is 77.1 Å². The van der Waals surface area contributed by atoms with Crippen molar-refractivity contribution in [3.8, 4) is 23.0 Å². The average Bonchev–Trinajstić information content (AvgIpc) is 3.96. The van der Waals surface area contributed by atoms with Crippen LogP contribution in [0.4, 0.5) is 20.3 Å². The van der Waals surface area contributed by atoms with E-state index < -0.39 is 60.1 Å². The van der Waals surface area contributed by atoms with Gasteiger partial charge in [0.25, 0.3) is 11.1 Å². The second kappa shape index (κ2) is 31.5. The van der Waals surface area contributed by atoms with Crippen LogP contribution < -0.4 is 25.3 Å². The van der Waals surface area contributed by atoms with Crippen LogP contribution in [0.1, 0.15) is 84.5 Å². The molecule has 24 nitrogen and oxygen atoms in total. The van der Waals surface area contributed by atoms with Gasteiger partial charge in [0.15, 0.2) is 10.3 Å². The molecule has 4 aromatic carbocycles. The number of anilines is 2. The van der Waals surface area contributed by atoms with Gasteiger partial charge >= 0.3 is 39.8 Å². The minimum atomic E-state index is -1.67. The molecule has 2 heterocycles. The Bertz CT molecular complexity index is 2980. The third kappa shape index (κ3) is 24.4. The van der Waals surface area contributed by atoms with E-state index in [-0.39, 0.29) is 65.5 Å². The lowest BCUT2D eigenvalue weighted by Gasteiger charge is -2.09. The summed E-state index contributed by atoms with van der Waals surface area (Å²) < 4.78 is 23.6. The molecule has 1 amide bonds. The number of aromatic carboxylic acids is 2. The molecule has 74 heavy (non-hydrogen) atoms. The van der Waals surface area contributed by atoms with Crippen molar-refractivity contribution >= 4 is 126 Å². The molecule has 0 aliphatic rings. The Morgan fingerprint density at radius 3 is 1.31 bits per heavy atom. The minimum Gasteiger partial charge on any atom is -0.507 e. The number of hydrogen-bond donors (Lipinski definition) is 5. The zero-order chi connectivity index (χ0) is 56.6. The van der Waals surface area contributed by atoms with E-state index in [0.717, 1.165) is 57.3 Å². The smallest absolute Gasteiger partial charge is 0.345 e. The zero-order valence-corrected chi connectivity index (χ0v) is 44.0. The number of aromatic nitrogens is 2. The fraction of sp³-hybridized carbons (Fsp3) is 0.159. The number of thiazole rings is 2. The summed E-state index contributed by atoms with van der Waals surface area (Å²) in [6, 6.07) is 18.7. The highest BCUT2D eigenvalue weighted by Crippen LogP contribution is 2.28. The number of halogens is 3. The number of phenols is 1. The Morgan fingerprint density at radius 1 is 0.622 bits per heavy atom. The summed E-state index contributed by atoms with van der Waals surface area (Å²) in [6.45, 7) is 10.9. The second-order valence-electron chi connectivity index (χ2n) is 13.9. The number of carbonyl (C=O) groups excluding carboxylic acids is 5. The number of aromatic hydroxyl groups is 1. The van der Waals surface area contributed by atoms with Crippen molar-refractivity contribution in [3.05, 3.63) is 150 Å². The van der Waals surface area contributed by atoms with Crippen LogP contribution in [0, 0.1) is 47.9 Å². The van der Waals surface area contributed by atoms with Crippen LogP contribution in [-0.2, 0) is 23.6 Å². The maximum absolute atomic E-state index is 12.2. The van der Waals surface area contributed by atoms with Crippen molar-refractivity contribution in [2.24, 2.45) is 0 Å². The lowest BCUT2D eigenvalue weighted by molar-refractivity contribution is -0.380. The third-order valence-electron chi connectivity index (χ3n) is 7.82. The molecule has 6 rings (SSSR count). The van der Waals surface area contributed by atoms with Gasteiger partial charge in [-0.3, -0.25) is 49.5 Å². The molecule has 0 aliphatic carbocycles. The first-order valence-electron chi connectivity index (χ1n) is 19.8. The Balaban J connectivity index is 0.000000468. The number of ether oxygens (including phenoxy) is 3. The summed E-state index contributed by atoms with van der Waals surface area (Å²) in [5.41, 5.74) is 8.73. The normalized spacial score (nSPS) is 9.66. The minimum absolute atomic E-state index is 0.000185. The number of benzene rings is 4. The molecule has 0 bridgehead atoms. The van der Waals surface area contributed by atoms with E-state index in [1.54, 1.807) is 63.2 Å². The maximum atomic E-state index is 12.2. The average molecular weight is 1140 g/mol. The van der Waals surface area contributed by atoms with Gasteiger partial charge in [-0.05, 0) is 111 Å². The molecule has 0 spiro atoms. The van der Waals surface area contributed by atoms with E-state index in [1.165, 1.54) is 51.1 Å². The highest BCUT2D eigenvalue weighted by Gasteiger charge is 2.19. The van der Waals surface area contributed by atoms with Crippen molar-refractivity contribution in [1.29, 1.82) is 0 Å². The number of hydrogen-bond acceptors (Lipinski definition) is 21. The van der Waals surface area contributed by atoms with Gasteiger partial charge in [-0.1, -0.05) is 46.5 Å². The van der Waals surface area contributed by atoms with Crippen molar-refractivity contribution in [2.75, 3.05) is 11.1 Å². The first-order chi connectivity index (χ1) is 34.4. The fourth-order valence-corrected chi connectivity index (χ4v) is 6.19. The second-order valence-corrected chi connectivity index (χ2v) is 18.8. The lowest BCUT2D eigenvalue weighted by Crippen LogP contribution is -2.15. The number of carbonyl (C=O) groups is 7. The van der Waals surface area contributed by atoms with E-state index in [2.05, 4.69) is 36.6 Å². The standard InChI is InChI=1S/C13H11N3O5S.C10H9ClO3.C10H10O4.C8H8O3.C3H3N3O2S.Cl2OS/c1-7-3-4-10(21-8(2)17)9(5-7)12(18)15-13-14-6-11(22-13)16(19)20;1-6-3-4-9(14-7(2)12)8(5-6)10(11)13;1-6-3-4-9(14-7(2)11)8(5-6)10(12)13;1-5-2-3-7(9)6(4-5)8(10)11;4-3-5-1-2(9-3)6(7)8;1-4(2)3/h3-6H,1-2H3,(H,14,15,18);3-5H,1-2H3;3-5H,1-2H3,(H,12,13);2-4,9H,1H3,(H,10,11);1H,(H2,4,5);. The van der Waals surface area contributed by atoms with Crippen LogP contribution in [0.3, 0.4) is 0 Å². The van der Waals surface area contributed by atoms with Gasteiger partial charge < -0.3 is 35.3 Å². The molecular formula is C44H41Cl3N6O18S3. The summed E-state index contributed by atoms with van der Waals surface area (Å²) in [4.78, 5) is 103. The highest BCUT2D eigenvalue weighted by molar-refractivity contribution is 8.26. The number of esters is 3. The molecule has 0 radical (unpaired) electrons. The molecular weight excluding hydrogens is 1100 g/mol. The Morgan fingerprint density at radius 2 is 0.973 bits per heavy atom. The predicted octanol–water partition coefficient (Wildman–Crippen LogP) is 9.53. The van der Waals surface area contributed by atoms with Crippen LogP contribution >= 0.6 is 55.6 Å². The van der Waals surface area contributed by atoms with Crippen molar-refractivity contribution in [1.82, 2.24) is 9.97 Å². The molecule has 0 saturated heterocycles. The van der Waals surface area contributed by atoms with Gasteiger partial charge in [-0.25, -0.2) is 23.8 Å². The van der Waals surface area contributed by atoms with Gasteiger partial charge in [0.2, 0.25) is 9.23 Å². The molecule has 0 unspecified atom stereocenters.